The third-order valence-electron chi connectivity index (χ3n) is 3.98. The second-order valence-corrected chi connectivity index (χ2v) is 6.34. The molecule has 1 heterocycles. The van der Waals surface area contributed by atoms with E-state index in [1.165, 1.54) is 0 Å². The van der Waals surface area contributed by atoms with Gasteiger partial charge in [-0.2, -0.15) is 0 Å². The van der Waals surface area contributed by atoms with E-state index in [4.69, 9.17) is 4.52 Å². The molecule has 2 aromatic carbocycles. The molecule has 0 bridgehead atoms. The van der Waals surface area contributed by atoms with Crippen molar-refractivity contribution in [3.63, 3.8) is 0 Å². The first-order valence-corrected chi connectivity index (χ1v) is 7.67. The number of aryl methyl sites for hydroxylation is 1. The van der Waals surface area contributed by atoms with Gasteiger partial charge in [0.2, 0.25) is 5.91 Å². The summed E-state index contributed by atoms with van der Waals surface area (Å²) in [5.74, 6) is -0.0736. The Bertz CT molecular complexity index is 835. The highest BCUT2D eigenvalue weighted by Crippen LogP contribution is 2.22. The first-order chi connectivity index (χ1) is 11.0. The molecule has 4 heteroatoms. The number of fused-ring (bicyclic) bond motifs is 1. The van der Waals surface area contributed by atoms with Crippen LogP contribution in [0.25, 0.3) is 11.0 Å². The maximum atomic E-state index is 12.4. The number of aromatic nitrogens is 1. The number of carbonyl (C=O) groups excluding carboxylic acids is 1. The maximum absolute atomic E-state index is 12.4. The molecular weight excluding hydrogens is 288 g/mol. The smallest absolute Gasteiger partial charge is 0.226 e. The van der Waals surface area contributed by atoms with Crippen LogP contribution in [0.5, 0.6) is 0 Å². The molecule has 0 radical (unpaired) electrons. The van der Waals surface area contributed by atoms with Gasteiger partial charge in [-0.3, -0.25) is 4.79 Å². The molecule has 0 aliphatic heterocycles. The number of hydrogen-bond donors (Lipinski definition) is 1. The molecule has 23 heavy (non-hydrogen) atoms. The number of carbonyl (C=O) groups is 1. The van der Waals surface area contributed by atoms with Gasteiger partial charge in [-0.1, -0.05) is 47.1 Å². The number of nitrogens with zero attached hydrogens (tertiary/aromatic N) is 1. The topological polar surface area (TPSA) is 55.1 Å². The molecule has 0 fully saturated rings. The fourth-order valence-corrected chi connectivity index (χ4v) is 2.70. The molecule has 0 aliphatic rings. The molecule has 1 aromatic heterocycles. The van der Waals surface area contributed by atoms with Crippen LogP contribution >= 0.6 is 0 Å². The van der Waals surface area contributed by atoms with Gasteiger partial charge in [0, 0.05) is 5.39 Å². The summed E-state index contributed by atoms with van der Waals surface area (Å²) in [5, 5.41) is 8.01. The van der Waals surface area contributed by atoms with E-state index in [2.05, 4.69) is 10.5 Å². The average molecular weight is 308 g/mol. The van der Waals surface area contributed by atoms with Gasteiger partial charge in [-0.05, 0) is 38.5 Å². The van der Waals surface area contributed by atoms with E-state index in [1.807, 2.05) is 69.3 Å². The summed E-state index contributed by atoms with van der Waals surface area (Å²) in [6.07, 6.45) is 0.201. The lowest BCUT2D eigenvalue weighted by Crippen LogP contribution is -2.41. The molecule has 0 unspecified atom stereocenters. The molecule has 0 aliphatic carbocycles. The summed E-state index contributed by atoms with van der Waals surface area (Å²) in [6, 6.07) is 15.8. The normalized spacial score (nSPS) is 11.6. The Balaban J connectivity index is 1.77. The van der Waals surface area contributed by atoms with Gasteiger partial charge in [0.15, 0.2) is 5.58 Å². The molecule has 118 valence electrons. The van der Waals surface area contributed by atoms with E-state index < -0.39 is 5.54 Å². The van der Waals surface area contributed by atoms with Gasteiger partial charge in [0.1, 0.15) is 5.69 Å². The number of amides is 1. The van der Waals surface area contributed by atoms with Crippen LogP contribution in [0.15, 0.2) is 53.1 Å². The average Bonchev–Trinajstić information content (AvgIpc) is 2.90. The second kappa shape index (κ2) is 5.88. The highest BCUT2D eigenvalue weighted by Gasteiger charge is 2.23. The van der Waals surface area contributed by atoms with Gasteiger partial charge < -0.3 is 9.84 Å². The Hall–Kier alpha value is -2.62. The second-order valence-electron chi connectivity index (χ2n) is 6.34. The first kappa shape index (κ1) is 15.3. The largest absolute Gasteiger partial charge is 0.356 e. The van der Waals surface area contributed by atoms with Crippen molar-refractivity contribution in [3.05, 3.63) is 65.4 Å². The fourth-order valence-electron chi connectivity index (χ4n) is 2.70. The Morgan fingerprint density at radius 1 is 1.17 bits per heavy atom. The van der Waals surface area contributed by atoms with Crippen molar-refractivity contribution >= 4 is 16.9 Å². The summed E-state index contributed by atoms with van der Waals surface area (Å²) >= 11 is 0. The SMILES string of the molecule is Cc1ccc2onc(CC(=O)NC(C)(C)c3ccccc3)c2c1. The molecular formula is C19H20N2O2. The third-order valence-corrected chi connectivity index (χ3v) is 3.98. The van der Waals surface area contributed by atoms with Crippen LogP contribution in [0.2, 0.25) is 0 Å². The van der Waals surface area contributed by atoms with E-state index in [0.717, 1.165) is 16.5 Å². The van der Waals surface area contributed by atoms with Crippen molar-refractivity contribution in [1.82, 2.24) is 10.5 Å². The molecule has 0 saturated heterocycles. The Morgan fingerprint density at radius 2 is 1.91 bits per heavy atom. The van der Waals surface area contributed by atoms with Crippen molar-refractivity contribution in [2.45, 2.75) is 32.7 Å². The quantitative estimate of drug-likeness (QED) is 0.799. The lowest BCUT2D eigenvalue weighted by atomic mass is 9.94. The van der Waals surface area contributed by atoms with Gasteiger partial charge in [-0.25, -0.2) is 0 Å². The summed E-state index contributed by atoms with van der Waals surface area (Å²) in [4.78, 5) is 12.4. The Labute approximate surface area is 135 Å². The third kappa shape index (κ3) is 3.26. The summed E-state index contributed by atoms with van der Waals surface area (Å²) in [5.41, 5.74) is 3.13. The van der Waals surface area contributed by atoms with Crippen molar-refractivity contribution in [1.29, 1.82) is 0 Å². The minimum Gasteiger partial charge on any atom is -0.356 e. The highest BCUT2D eigenvalue weighted by atomic mass is 16.5. The molecule has 1 N–H and O–H groups in total. The first-order valence-electron chi connectivity index (χ1n) is 7.67. The standard InChI is InChI=1S/C19H20N2O2/c1-13-9-10-17-15(11-13)16(21-23-17)12-18(22)20-19(2,3)14-7-5-4-6-8-14/h4-11H,12H2,1-3H3,(H,20,22). The predicted molar refractivity (Wildman–Crippen MR) is 90.1 cm³/mol. The van der Waals surface area contributed by atoms with Crippen molar-refractivity contribution in [2.24, 2.45) is 0 Å². The molecule has 0 atom stereocenters. The fraction of sp³-hybridized carbons (Fsp3) is 0.263. The van der Waals surface area contributed by atoms with Gasteiger partial charge >= 0.3 is 0 Å². The van der Waals surface area contributed by atoms with Crippen LogP contribution in [0.4, 0.5) is 0 Å². The highest BCUT2D eigenvalue weighted by molar-refractivity contribution is 5.87. The van der Waals surface area contributed by atoms with Crippen LogP contribution in [-0.4, -0.2) is 11.1 Å². The zero-order valence-corrected chi connectivity index (χ0v) is 13.6. The zero-order chi connectivity index (χ0) is 16.4. The zero-order valence-electron chi connectivity index (χ0n) is 13.6. The Morgan fingerprint density at radius 3 is 2.65 bits per heavy atom. The minimum absolute atomic E-state index is 0.0736. The Kier molecular flexibility index (Phi) is 3.90. The van der Waals surface area contributed by atoms with Crippen molar-refractivity contribution in [2.75, 3.05) is 0 Å². The predicted octanol–water partition coefficient (Wildman–Crippen LogP) is 3.73. The van der Waals surface area contributed by atoms with Gasteiger partial charge in [-0.15, -0.1) is 0 Å². The van der Waals surface area contributed by atoms with Crippen LogP contribution in [-0.2, 0) is 16.8 Å². The van der Waals surface area contributed by atoms with E-state index in [-0.39, 0.29) is 12.3 Å². The van der Waals surface area contributed by atoms with Crippen LogP contribution in [0.3, 0.4) is 0 Å². The van der Waals surface area contributed by atoms with Crippen LogP contribution in [0, 0.1) is 6.92 Å². The maximum Gasteiger partial charge on any atom is 0.226 e. The molecule has 4 nitrogen and oxygen atoms in total. The molecule has 3 rings (SSSR count). The molecule has 3 aromatic rings. The molecule has 1 amide bonds. The summed E-state index contributed by atoms with van der Waals surface area (Å²) < 4.78 is 5.29. The number of rotatable bonds is 4. The van der Waals surface area contributed by atoms with E-state index in [9.17, 15) is 4.79 Å². The molecule has 0 saturated carbocycles. The van der Waals surface area contributed by atoms with E-state index >= 15 is 0 Å². The van der Waals surface area contributed by atoms with E-state index in [0.29, 0.717) is 11.3 Å². The summed E-state index contributed by atoms with van der Waals surface area (Å²) in [6.45, 7) is 5.99. The summed E-state index contributed by atoms with van der Waals surface area (Å²) in [7, 11) is 0. The number of nitrogens with one attached hydrogen (secondary N) is 1. The van der Waals surface area contributed by atoms with Crippen molar-refractivity contribution in [3.8, 4) is 0 Å². The lowest BCUT2D eigenvalue weighted by Gasteiger charge is -2.26. The minimum atomic E-state index is -0.437. The lowest BCUT2D eigenvalue weighted by molar-refractivity contribution is -0.122. The number of benzene rings is 2. The monoisotopic (exact) mass is 308 g/mol. The van der Waals surface area contributed by atoms with Gasteiger partial charge in [0.05, 0.1) is 12.0 Å². The van der Waals surface area contributed by atoms with Crippen LogP contribution in [0.1, 0.15) is 30.7 Å². The van der Waals surface area contributed by atoms with Crippen LogP contribution < -0.4 is 5.32 Å². The van der Waals surface area contributed by atoms with Crippen molar-refractivity contribution < 1.29 is 9.32 Å². The molecule has 0 spiro atoms. The van der Waals surface area contributed by atoms with E-state index in [1.54, 1.807) is 0 Å². The van der Waals surface area contributed by atoms with Gasteiger partial charge in [0.25, 0.3) is 0 Å². The number of hydrogen-bond acceptors (Lipinski definition) is 3.